The van der Waals surface area contributed by atoms with Gasteiger partial charge < -0.3 is 25.7 Å². The van der Waals surface area contributed by atoms with E-state index < -0.39 is 12.1 Å². The molecule has 8 nitrogen and oxygen atoms in total. The van der Waals surface area contributed by atoms with E-state index in [1.54, 1.807) is 6.20 Å². The second-order valence-electron chi connectivity index (χ2n) is 7.81. The summed E-state index contributed by atoms with van der Waals surface area (Å²) in [7, 11) is 0. The van der Waals surface area contributed by atoms with Gasteiger partial charge in [-0.3, -0.25) is 15.0 Å². The summed E-state index contributed by atoms with van der Waals surface area (Å²) >= 11 is 5.48. The number of dihydropyridines is 1. The molecule has 9 heteroatoms. The van der Waals surface area contributed by atoms with Crippen LogP contribution in [0.2, 0.25) is 0 Å². The summed E-state index contributed by atoms with van der Waals surface area (Å²) in [6.45, 7) is 4.09. The summed E-state index contributed by atoms with van der Waals surface area (Å²) in [5.74, 6) is -0.158. The highest BCUT2D eigenvalue weighted by atomic mass is 35.5. The van der Waals surface area contributed by atoms with Gasteiger partial charge >= 0.3 is 0 Å². The summed E-state index contributed by atoms with van der Waals surface area (Å²) in [5.41, 5.74) is 7.08. The van der Waals surface area contributed by atoms with Crippen molar-refractivity contribution in [3.63, 3.8) is 0 Å². The van der Waals surface area contributed by atoms with Crippen molar-refractivity contribution in [3.05, 3.63) is 69.8 Å². The molecule has 1 saturated heterocycles. The van der Waals surface area contributed by atoms with Crippen LogP contribution >= 0.6 is 11.6 Å². The maximum absolute atomic E-state index is 13.2. The quantitative estimate of drug-likeness (QED) is 0.378. The van der Waals surface area contributed by atoms with E-state index in [9.17, 15) is 9.59 Å². The van der Waals surface area contributed by atoms with Crippen LogP contribution in [0, 0.1) is 11.3 Å². The first kappa shape index (κ1) is 23.0. The number of nitrogens with two attached hydrogens (primary N) is 1. The number of nitrogens with one attached hydrogen (secondary N) is 3. The summed E-state index contributed by atoms with van der Waals surface area (Å²) in [5, 5.41) is 12.8. The zero-order valence-electron chi connectivity index (χ0n) is 17.4. The van der Waals surface area contributed by atoms with Gasteiger partial charge in [0.05, 0.1) is 12.2 Å². The molecule has 2 aliphatic rings. The van der Waals surface area contributed by atoms with Crippen LogP contribution < -0.4 is 21.8 Å². The van der Waals surface area contributed by atoms with Crippen molar-refractivity contribution in [2.75, 3.05) is 13.2 Å². The zero-order valence-corrected chi connectivity index (χ0v) is 18.2. The third-order valence-electron chi connectivity index (χ3n) is 5.29. The Morgan fingerprint density at radius 3 is 2.84 bits per heavy atom. The molecule has 0 radical (unpaired) electrons. The average molecular weight is 446 g/mol. The predicted molar refractivity (Wildman–Crippen MR) is 121 cm³/mol. The van der Waals surface area contributed by atoms with Crippen LogP contribution in [-0.4, -0.2) is 35.0 Å². The topological polar surface area (TPSA) is 122 Å². The van der Waals surface area contributed by atoms with Crippen LogP contribution in [0.5, 0.6) is 0 Å². The fourth-order valence-corrected chi connectivity index (χ4v) is 3.67. The molecular weight excluding hydrogens is 418 g/mol. The third-order valence-corrected chi connectivity index (χ3v) is 5.41. The van der Waals surface area contributed by atoms with Crippen LogP contribution in [0.25, 0.3) is 0 Å². The molecule has 0 aromatic carbocycles. The summed E-state index contributed by atoms with van der Waals surface area (Å²) in [6, 6.07) is -0.324. The summed E-state index contributed by atoms with van der Waals surface area (Å²) < 4.78 is 7.35. The Bertz CT molecular complexity index is 976. The molecule has 3 heterocycles. The number of amides is 1. The minimum atomic E-state index is -0.878. The van der Waals surface area contributed by atoms with E-state index >= 15 is 0 Å². The molecule has 1 aromatic heterocycles. The van der Waals surface area contributed by atoms with E-state index in [0.717, 1.165) is 31.6 Å². The lowest BCUT2D eigenvalue weighted by Crippen LogP contribution is -2.42. The van der Waals surface area contributed by atoms with Gasteiger partial charge in [0.15, 0.2) is 5.43 Å². The number of hydrogen-bond donors (Lipinski definition) is 4. The molecule has 3 rings (SSSR count). The van der Waals surface area contributed by atoms with Gasteiger partial charge in [0.1, 0.15) is 10.7 Å². The van der Waals surface area contributed by atoms with Crippen molar-refractivity contribution in [2.45, 2.75) is 38.5 Å². The van der Waals surface area contributed by atoms with Crippen LogP contribution in [0.3, 0.4) is 0 Å². The first-order valence-corrected chi connectivity index (χ1v) is 10.6. The summed E-state index contributed by atoms with van der Waals surface area (Å²) in [6.07, 6.45) is 12.8. The van der Waals surface area contributed by atoms with E-state index in [1.165, 1.54) is 12.2 Å². The standard InChI is InChI=1S/C22H28ClN5O3/c1-14-2-3-18(26-10-14)16-12-28(11-15-6-8-31-9-7-15)13-17(21(16)29)22(30)27-20(25)5-4-19(23)24/h2-5,10,12-13,15,18,20,24,26H,6-9,11,25H2,1H3,(H,27,30)/b5-4-,24-19?. The number of ether oxygens (including phenoxy) is 1. The van der Waals surface area contributed by atoms with Crippen LogP contribution in [0.4, 0.5) is 0 Å². The molecule has 1 aromatic rings. The minimum absolute atomic E-state index is 0.0239. The molecule has 2 unspecified atom stereocenters. The lowest BCUT2D eigenvalue weighted by molar-refractivity contribution is 0.0611. The Labute approximate surface area is 186 Å². The molecule has 166 valence electrons. The SMILES string of the molecule is CC1=CNC(c2cn(CC3CCOCC3)cc(C(=O)NC(N)/C=C\C(=N)Cl)c2=O)C=C1. The van der Waals surface area contributed by atoms with E-state index in [-0.39, 0.29) is 22.2 Å². The maximum atomic E-state index is 13.2. The number of carbonyl (C=O) groups is 1. The molecule has 1 amide bonds. The Morgan fingerprint density at radius 1 is 1.45 bits per heavy atom. The first-order chi connectivity index (χ1) is 14.8. The van der Waals surface area contributed by atoms with Gasteiger partial charge in [-0.2, -0.15) is 0 Å². The number of aromatic nitrogens is 1. The number of allylic oxidation sites excluding steroid dienone is 3. The van der Waals surface area contributed by atoms with Gasteiger partial charge in [-0.05, 0) is 43.4 Å². The second kappa shape index (κ2) is 10.6. The highest BCUT2D eigenvalue weighted by molar-refractivity contribution is 6.67. The van der Waals surface area contributed by atoms with Crippen molar-refractivity contribution in [1.82, 2.24) is 15.2 Å². The highest BCUT2D eigenvalue weighted by Gasteiger charge is 2.22. The van der Waals surface area contributed by atoms with E-state index in [1.807, 2.05) is 36.0 Å². The Morgan fingerprint density at radius 2 is 2.19 bits per heavy atom. The number of carbonyl (C=O) groups excluding carboxylic acids is 1. The first-order valence-electron chi connectivity index (χ1n) is 10.2. The molecule has 0 saturated carbocycles. The van der Waals surface area contributed by atoms with E-state index in [2.05, 4.69) is 10.6 Å². The number of halogens is 1. The molecule has 0 spiro atoms. The normalized spacial score (nSPS) is 20.2. The Balaban J connectivity index is 1.90. The molecule has 0 bridgehead atoms. The van der Waals surface area contributed by atoms with Crippen molar-refractivity contribution in [2.24, 2.45) is 11.7 Å². The van der Waals surface area contributed by atoms with Crippen molar-refractivity contribution in [1.29, 1.82) is 5.41 Å². The average Bonchev–Trinajstić information content (AvgIpc) is 2.74. The van der Waals surface area contributed by atoms with Gasteiger partial charge in [0, 0.05) is 43.9 Å². The molecule has 2 atom stereocenters. The van der Waals surface area contributed by atoms with E-state index in [0.29, 0.717) is 18.0 Å². The number of rotatable bonds is 7. The number of pyridine rings is 1. The lowest BCUT2D eigenvalue weighted by atomic mass is 9.99. The molecule has 31 heavy (non-hydrogen) atoms. The highest BCUT2D eigenvalue weighted by Crippen LogP contribution is 2.20. The van der Waals surface area contributed by atoms with Gasteiger partial charge in [-0.15, -0.1) is 0 Å². The summed E-state index contributed by atoms with van der Waals surface area (Å²) in [4.78, 5) is 26.0. The fourth-order valence-electron chi connectivity index (χ4n) is 3.60. The second-order valence-corrected chi connectivity index (χ2v) is 8.21. The minimum Gasteiger partial charge on any atom is -0.381 e. The Kier molecular flexibility index (Phi) is 7.84. The van der Waals surface area contributed by atoms with Crippen LogP contribution in [0.1, 0.15) is 41.7 Å². The predicted octanol–water partition coefficient (Wildman–Crippen LogP) is 2.17. The number of nitrogens with zero attached hydrogens (tertiary/aromatic N) is 1. The zero-order chi connectivity index (χ0) is 22.4. The van der Waals surface area contributed by atoms with Gasteiger partial charge in [0.25, 0.3) is 5.91 Å². The third kappa shape index (κ3) is 6.40. The molecule has 2 aliphatic heterocycles. The van der Waals surface area contributed by atoms with Gasteiger partial charge in [0.2, 0.25) is 0 Å². The monoisotopic (exact) mass is 445 g/mol. The molecular formula is C22H28ClN5O3. The number of hydrogen-bond acceptors (Lipinski definition) is 6. The van der Waals surface area contributed by atoms with Gasteiger partial charge in [-0.1, -0.05) is 23.8 Å². The molecule has 0 aliphatic carbocycles. The van der Waals surface area contributed by atoms with Crippen molar-refractivity contribution < 1.29 is 9.53 Å². The van der Waals surface area contributed by atoms with Crippen LogP contribution in [0.15, 0.2) is 53.3 Å². The largest absolute Gasteiger partial charge is 0.381 e. The van der Waals surface area contributed by atoms with Crippen molar-refractivity contribution in [3.8, 4) is 0 Å². The maximum Gasteiger partial charge on any atom is 0.258 e. The Hall–Kier alpha value is -2.68. The molecule has 1 fully saturated rings. The smallest absolute Gasteiger partial charge is 0.258 e. The van der Waals surface area contributed by atoms with E-state index in [4.69, 9.17) is 27.5 Å². The van der Waals surface area contributed by atoms with Gasteiger partial charge in [-0.25, -0.2) is 0 Å². The fraction of sp³-hybridized carbons (Fsp3) is 0.409. The lowest BCUT2D eigenvalue weighted by Gasteiger charge is -2.25. The van der Waals surface area contributed by atoms with Crippen LogP contribution in [-0.2, 0) is 11.3 Å². The molecule has 5 N–H and O–H groups in total. The van der Waals surface area contributed by atoms with Crippen molar-refractivity contribution >= 4 is 22.7 Å².